The third-order valence-corrected chi connectivity index (χ3v) is 3.48. The molecule has 3 rings (SSSR count). The first-order valence-electron chi connectivity index (χ1n) is 6.58. The number of hydrogen-bond donors (Lipinski definition) is 1. The van der Waals surface area contributed by atoms with Crippen molar-refractivity contribution >= 4 is 18.6 Å². The summed E-state index contributed by atoms with van der Waals surface area (Å²) < 4.78 is 89.0. The second kappa shape index (κ2) is 6.08. The molecule has 11 heteroatoms. The van der Waals surface area contributed by atoms with Crippen molar-refractivity contribution in [2.24, 2.45) is 0 Å². The summed E-state index contributed by atoms with van der Waals surface area (Å²) in [5, 5.41) is 9.50. The number of benzene rings is 2. The molecule has 0 atom stereocenters. The molecule has 0 bridgehead atoms. The van der Waals surface area contributed by atoms with E-state index in [2.05, 4.69) is 4.74 Å². The van der Waals surface area contributed by atoms with Crippen LogP contribution in [0.15, 0.2) is 12.1 Å². The van der Waals surface area contributed by atoms with E-state index in [1.165, 1.54) is 0 Å². The van der Waals surface area contributed by atoms with Crippen LogP contribution in [-0.2, 0) is 11.3 Å². The van der Waals surface area contributed by atoms with E-state index in [4.69, 9.17) is 4.65 Å². The minimum absolute atomic E-state index is 0.00533. The molecule has 2 aromatic carbocycles. The highest BCUT2D eigenvalue weighted by molar-refractivity contribution is 6.61. The van der Waals surface area contributed by atoms with Crippen molar-refractivity contribution in [2.45, 2.75) is 6.61 Å². The van der Waals surface area contributed by atoms with E-state index in [9.17, 15) is 36.2 Å². The highest BCUT2D eigenvalue weighted by Gasteiger charge is 2.32. The van der Waals surface area contributed by atoms with E-state index in [1.807, 2.05) is 0 Å². The van der Waals surface area contributed by atoms with E-state index in [0.29, 0.717) is 0 Å². The van der Waals surface area contributed by atoms with Crippen LogP contribution in [0.1, 0.15) is 15.9 Å². The van der Waals surface area contributed by atoms with Gasteiger partial charge in [0.25, 0.3) is 0 Å². The number of fused-ring (bicyclic) bond motifs is 1. The first-order valence-corrected chi connectivity index (χ1v) is 6.58. The van der Waals surface area contributed by atoms with Crippen molar-refractivity contribution in [3.8, 4) is 5.75 Å². The first kappa shape index (κ1) is 17.3. The molecular weight excluding hydrogens is 357 g/mol. The van der Waals surface area contributed by atoms with Gasteiger partial charge in [-0.15, -0.1) is 0 Å². The molecule has 2 aromatic rings. The van der Waals surface area contributed by atoms with Gasteiger partial charge in [-0.3, -0.25) is 0 Å². The number of rotatable bonds is 2. The molecule has 0 spiro atoms. The molecule has 1 heterocycles. The van der Waals surface area contributed by atoms with Gasteiger partial charge in [-0.2, -0.15) is 8.78 Å². The predicted octanol–water partition coefficient (Wildman–Crippen LogP) is 1.96. The van der Waals surface area contributed by atoms with Crippen molar-refractivity contribution in [1.82, 2.24) is 0 Å². The summed E-state index contributed by atoms with van der Waals surface area (Å²) in [7, 11) is -1.46. The fourth-order valence-corrected chi connectivity index (χ4v) is 2.22. The Labute approximate surface area is 135 Å². The maximum Gasteiger partial charge on any atom is 0.491 e. The van der Waals surface area contributed by atoms with Gasteiger partial charge in [0, 0.05) is 0 Å². The number of hydrogen-bond acceptors (Lipinski definition) is 4. The molecule has 0 unspecified atom stereocenters. The Kier molecular flexibility index (Phi) is 4.21. The Morgan fingerprint density at radius 1 is 1.00 bits per heavy atom. The van der Waals surface area contributed by atoms with Crippen LogP contribution in [0.2, 0.25) is 0 Å². The fraction of sp³-hybridized carbons (Fsp3) is 0.0714. The highest BCUT2D eigenvalue weighted by Crippen LogP contribution is 2.30. The van der Waals surface area contributed by atoms with Crippen LogP contribution in [0.4, 0.5) is 26.3 Å². The summed E-state index contributed by atoms with van der Waals surface area (Å²) in [6.45, 7) is -0.139. The van der Waals surface area contributed by atoms with Crippen molar-refractivity contribution in [2.75, 3.05) is 0 Å². The Morgan fingerprint density at radius 2 is 1.56 bits per heavy atom. The standard InChI is InChI=1S/C14H5BF6O4/c16-7-1-4-3-24-15(23)6(4)2-5(7)14(22)25-13-11(20)9(18)8(17)10(19)12(13)21/h1-2,23H,3H2. The summed E-state index contributed by atoms with van der Waals surface area (Å²) >= 11 is 0. The van der Waals surface area contributed by atoms with E-state index < -0.39 is 59.3 Å². The lowest BCUT2D eigenvalue weighted by atomic mass is 9.78. The fourth-order valence-electron chi connectivity index (χ4n) is 2.22. The first-order chi connectivity index (χ1) is 11.7. The Hall–Kier alpha value is -2.53. The number of carbonyl (C=O) groups excluding carboxylic acids is 1. The molecule has 0 amide bonds. The topological polar surface area (TPSA) is 55.8 Å². The average molecular weight is 362 g/mol. The van der Waals surface area contributed by atoms with Gasteiger partial charge in [-0.05, 0) is 23.2 Å². The number of ether oxygens (including phenoxy) is 1. The Morgan fingerprint density at radius 3 is 2.16 bits per heavy atom. The second-order valence-corrected chi connectivity index (χ2v) is 4.98. The molecule has 4 nitrogen and oxygen atoms in total. The summed E-state index contributed by atoms with van der Waals surface area (Å²) in [6, 6.07) is 1.62. The van der Waals surface area contributed by atoms with E-state index in [0.717, 1.165) is 12.1 Å². The number of halogens is 6. The lowest BCUT2D eigenvalue weighted by molar-refractivity contribution is 0.0711. The molecular formula is C14H5BF6O4. The van der Waals surface area contributed by atoms with Gasteiger partial charge in [-0.1, -0.05) is 0 Å². The van der Waals surface area contributed by atoms with Crippen LogP contribution in [0.25, 0.3) is 0 Å². The second-order valence-electron chi connectivity index (χ2n) is 4.98. The summed E-state index contributed by atoms with van der Waals surface area (Å²) in [5.74, 6) is -16.6. The molecule has 130 valence electrons. The molecule has 0 saturated carbocycles. The van der Waals surface area contributed by atoms with Crippen LogP contribution >= 0.6 is 0 Å². The normalized spacial score (nSPS) is 13.2. The van der Waals surface area contributed by atoms with Crippen molar-refractivity contribution in [3.63, 3.8) is 0 Å². The van der Waals surface area contributed by atoms with Crippen LogP contribution in [-0.4, -0.2) is 18.1 Å². The van der Waals surface area contributed by atoms with E-state index in [1.54, 1.807) is 0 Å². The van der Waals surface area contributed by atoms with Crippen LogP contribution in [0.3, 0.4) is 0 Å². The molecule has 1 aliphatic rings. The number of carbonyl (C=O) groups is 1. The average Bonchev–Trinajstić information content (AvgIpc) is 2.94. The lowest BCUT2D eigenvalue weighted by Gasteiger charge is -2.10. The van der Waals surface area contributed by atoms with Crippen molar-refractivity contribution in [1.29, 1.82) is 0 Å². The maximum atomic E-state index is 13.9. The van der Waals surface area contributed by atoms with Gasteiger partial charge >= 0.3 is 13.1 Å². The zero-order valence-corrected chi connectivity index (χ0v) is 11.9. The molecule has 0 fully saturated rings. The van der Waals surface area contributed by atoms with Crippen molar-refractivity contribution in [3.05, 3.63) is 58.2 Å². The van der Waals surface area contributed by atoms with Gasteiger partial charge in [0.1, 0.15) is 5.82 Å². The van der Waals surface area contributed by atoms with E-state index >= 15 is 0 Å². The molecule has 0 aliphatic carbocycles. The molecule has 1 N–H and O–H groups in total. The Balaban J connectivity index is 2.01. The van der Waals surface area contributed by atoms with E-state index in [-0.39, 0.29) is 17.6 Å². The summed E-state index contributed by atoms with van der Waals surface area (Å²) in [6.07, 6.45) is 0. The molecule has 0 saturated heterocycles. The zero-order valence-electron chi connectivity index (χ0n) is 11.9. The highest BCUT2D eigenvalue weighted by atomic mass is 19.2. The van der Waals surface area contributed by atoms with Gasteiger partial charge in [0.05, 0.1) is 12.2 Å². The SMILES string of the molecule is O=C(Oc1c(F)c(F)c(F)c(F)c1F)c1cc2c(cc1F)COB2O. The van der Waals surface area contributed by atoms with Gasteiger partial charge in [0.15, 0.2) is 0 Å². The monoisotopic (exact) mass is 362 g/mol. The summed E-state index contributed by atoms with van der Waals surface area (Å²) in [5.41, 5.74) is -0.657. The van der Waals surface area contributed by atoms with Crippen LogP contribution < -0.4 is 10.2 Å². The molecule has 0 aromatic heterocycles. The number of esters is 1. The minimum atomic E-state index is -2.43. The van der Waals surface area contributed by atoms with Gasteiger partial charge in [0.2, 0.25) is 34.8 Å². The van der Waals surface area contributed by atoms with Gasteiger partial charge < -0.3 is 14.4 Å². The Bertz CT molecular complexity index is 875. The third-order valence-electron chi connectivity index (χ3n) is 3.48. The molecule has 1 aliphatic heterocycles. The van der Waals surface area contributed by atoms with Crippen molar-refractivity contribution < 1.29 is 45.6 Å². The quantitative estimate of drug-likeness (QED) is 0.222. The largest absolute Gasteiger partial charge is 0.491 e. The van der Waals surface area contributed by atoms with Crippen LogP contribution in [0.5, 0.6) is 5.75 Å². The minimum Gasteiger partial charge on any atom is -0.423 e. The smallest absolute Gasteiger partial charge is 0.423 e. The van der Waals surface area contributed by atoms with Gasteiger partial charge in [-0.25, -0.2) is 22.4 Å². The predicted molar refractivity (Wildman–Crippen MR) is 70.0 cm³/mol. The third kappa shape index (κ3) is 2.74. The molecule has 0 radical (unpaired) electrons. The lowest BCUT2D eigenvalue weighted by Crippen LogP contribution is -2.29. The summed E-state index contributed by atoms with van der Waals surface area (Å²) in [4.78, 5) is 11.9. The van der Waals surface area contributed by atoms with Crippen LogP contribution in [0, 0.1) is 34.9 Å². The maximum absolute atomic E-state index is 13.9. The molecule has 25 heavy (non-hydrogen) atoms. The zero-order chi connectivity index (χ0) is 18.5.